The molecule has 3 rings (SSSR count). The van der Waals surface area contributed by atoms with E-state index in [4.69, 9.17) is 21.1 Å². The number of carbonyl (C=O) groups excluding carboxylic acids is 1. The summed E-state index contributed by atoms with van der Waals surface area (Å²) in [7, 11) is 2.29. The molecule has 2 aromatic rings. The second-order valence-corrected chi connectivity index (χ2v) is 5.95. The summed E-state index contributed by atoms with van der Waals surface area (Å²) in [6.45, 7) is -1.44. The van der Waals surface area contributed by atoms with E-state index in [2.05, 4.69) is 9.97 Å². The molecule has 0 unspecified atom stereocenters. The molecule has 2 heterocycles. The van der Waals surface area contributed by atoms with Crippen LogP contribution in [0.25, 0.3) is 0 Å². The van der Waals surface area contributed by atoms with Gasteiger partial charge >= 0.3 is 6.03 Å². The molecular formula is C16H13ClF4N4O3. The van der Waals surface area contributed by atoms with Gasteiger partial charge in [0.1, 0.15) is 11.5 Å². The van der Waals surface area contributed by atoms with Crippen LogP contribution >= 0.6 is 11.6 Å². The SMILES string of the molecule is COc1cc(OC)c(F)c(N2Cc3cnc(Cl)nc3N(CC(F)F)C2=O)c1F. The minimum atomic E-state index is -2.93. The van der Waals surface area contributed by atoms with Crippen molar-refractivity contribution < 1.29 is 31.8 Å². The van der Waals surface area contributed by atoms with Crippen LogP contribution in [0.5, 0.6) is 11.5 Å². The van der Waals surface area contributed by atoms with Crippen molar-refractivity contribution in [1.29, 1.82) is 0 Å². The molecule has 0 saturated heterocycles. The van der Waals surface area contributed by atoms with Crippen LogP contribution in [-0.2, 0) is 6.54 Å². The molecule has 0 saturated carbocycles. The lowest BCUT2D eigenvalue weighted by Crippen LogP contribution is -2.50. The summed E-state index contributed by atoms with van der Waals surface area (Å²) in [4.78, 5) is 21.6. The van der Waals surface area contributed by atoms with Gasteiger partial charge in [0.2, 0.25) is 5.28 Å². The van der Waals surface area contributed by atoms with Gasteiger partial charge in [-0.1, -0.05) is 0 Å². The van der Waals surface area contributed by atoms with Crippen molar-refractivity contribution in [3.63, 3.8) is 0 Å². The minimum Gasteiger partial charge on any atom is -0.493 e. The molecule has 150 valence electrons. The first kappa shape index (κ1) is 19.9. The number of aromatic nitrogens is 2. The Morgan fingerprint density at radius 2 is 1.82 bits per heavy atom. The van der Waals surface area contributed by atoms with E-state index in [1.807, 2.05) is 0 Å². The Morgan fingerprint density at radius 3 is 2.36 bits per heavy atom. The highest BCUT2D eigenvalue weighted by atomic mass is 35.5. The summed E-state index contributed by atoms with van der Waals surface area (Å²) in [5.74, 6) is -3.31. The standard InChI is InChI=1S/C16H13ClF4N4O3/c1-27-8-3-9(28-2)12(21)13(11(8)20)24-5-7-4-22-15(17)23-14(7)25(16(24)26)6-10(18)19/h3-4,10H,5-6H2,1-2H3. The van der Waals surface area contributed by atoms with Gasteiger partial charge in [-0.15, -0.1) is 0 Å². The van der Waals surface area contributed by atoms with Crippen LogP contribution in [0.2, 0.25) is 5.28 Å². The van der Waals surface area contributed by atoms with Gasteiger partial charge in [-0.05, 0) is 11.6 Å². The third kappa shape index (κ3) is 3.37. The number of nitrogens with zero attached hydrogens (tertiary/aromatic N) is 4. The number of alkyl halides is 2. The molecule has 1 aliphatic heterocycles. The van der Waals surface area contributed by atoms with Crippen LogP contribution < -0.4 is 19.3 Å². The Bertz CT molecular complexity index is 903. The van der Waals surface area contributed by atoms with Crippen LogP contribution in [-0.4, -0.2) is 43.2 Å². The third-order valence-corrected chi connectivity index (χ3v) is 4.18. The number of hydrogen-bond donors (Lipinski definition) is 0. The maximum atomic E-state index is 14.8. The molecule has 28 heavy (non-hydrogen) atoms. The number of methoxy groups -OCH3 is 2. The van der Waals surface area contributed by atoms with Gasteiger partial charge in [0.15, 0.2) is 23.1 Å². The van der Waals surface area contributed by atoms with Crippen molar-refractivity contribution >= 4 is 29.1 Å². The topological polar surface area (TPSA) is 67.8 Å². The molecule has 7 nitrogen and oxygen atoms in total. The molecule has 1 aliphatic rings. The van der Waals surface area contributed by atoms with Gasteiger partial charge in [0, 0.05) is 17.8 Å². The Kier molecular flexibility index (Phi) is 5.45. The molecule has 0 radical (unpaired) electrons. The van der Waals surface area contributed by atoms with Crippen LogP contribution in [0.3, 0.4) is 0 Å². The van der Waals surface area contributed by atoms with E-state index in [1.165, 1.54) is 6.20 Å². The van der Waals surface area contributed by atoms with Gasteiger partial charge in [0.05, 0.1) is 27.3 Å². The van der Waals surface area contributed by atoms with E-state index >= 15 is 0 Å². The largest absolute Gasteiger partial charge is 0.493 e. The van der Waals surface area contributed by atoms with E-state index in [0.29, 0.717) is 9.80 Å². The van der Waals surface area contributed by atoms with E-state index < -0.39 is 36.3 Å². The molecular weight excluding hydrogens is 408 g/mol. The maximum Gasteiger partial charge on any atom is 0.330 e. The highest BCUT2D eigenvalue weighted by Crippen LogP contribution is 2.40. The maximum absolute atomic E-state index is 14.8. The van der Waals surface area contributed by atoms with E-state index in [9.17, 15) is 22.4 Å². The zero-order valence-corrected chi connectivity index (χ0v) is 15.3. The minimum absolute atomic E-state index is 0.155. The number of urea groups is 1. The average Bonchev–Trinajstić information content (AvgIpc) is 2.65. The Labute approximate surface area is 161 Å². The van der Waals surface area contributed by atoms with Crippen molar-refractivity contribution in [3.8, 4) is 11.5 Å². The highest BCUT2D eigenvalue weighted by Gasteiger charge is 2.38. The number of halogens is 5. The normalized spacial score (nSPS) is 13.8. The van der Waals surface area contributed by atoms with Crippen molar-refractivity contribution in [2.24, 2.45) is 0 Å². The van der Waals surface area contributed by atoms with Crippen LogP contribution in [0.1, 0.15) is 5.56 Å². The predicted molar refractivity (Wildman–Crippen MR) is 91.4 cm³/mol. The first-order chi connectivity index (χ1) is 13.3. The van der Waals surface area contributed by atoms with Crippen molar-refractivity contribution in [2.45, 2.75) is 13.0 Å². The van der Waals surface area contributed by atoms with Gasteiger partial charge in [-0.2, -0.15) is 4.98 Å². The Hall–Kier alpha value is -2.82. The summed E-state index contributed by atoms with van der Waals surface area (Å²) in [5, 5.41) is -0.264. The van der Waals surface area contributed by atoms with Crippen LogP contribution in [0.4, 0.5) is 33.9 Å². The molecule has 0 aliphatic carbocycles. The van der Waals surface area contributed by atoms with Crippen LogP contribution in [0, 0.1) is 11.6 Å². The third-order valence-electron chi connectivity index (χ3n) is 4.00. The first-order valence-corrected chi connectivity index (χ1v) is 8.14. The lowest BCUT2D eigenvalue weighted by atomic mass is 10.1. The predicted octanol–water partition coefficient (Wildman–Crippen LogP) is 3.64. The number of hydrogen-bond acceptors (Lipinski definition) is 5. The zero-order valence-electron chi connectivity index (χ0n) is 14.5. The lowest BCUT2D eigenvalue weighted by molar-refractivity contribution is 0.154. The van der Waals surface area contributed by atoms with E-state index in [1.54, 1.807) is 0 Å². The number of rotatable bonds is 5. The summed E-state index contributed by atoms with van der Waals surface area (Å²) in [6.07, 6.45) is -1.74. The summed E-state index contributed by atoms with van der Waals surface area (Å²) in [5.41, 5.74) is -0.633. The molecule has 12 heteroatoms. The number of anilines is 2. The zero-order chi connectivity index (χ0) is 20.6. The fourth-order valence-corrected chi connectivity index (χ4v) is 2.91. The van der Waals surface area contributed by atoms with Gasteiger partial charge in [-0.3, -0.25) is 9.80 Å². The first-order valence-electron chi connectivity index (χ1n) is 7.77. The summed E-state index contributed by atoms with van der Waals surface area (Å²) < 4.78 is 65.4. The molecule has 1 aromatic heterocycles. The average molecular weight is 421 g/mol. The fraction of sp³-hybridized carbons (Fsp3) is 0.312. The second kappa shape index (κ2) is 7.66. The number of ether oxygens (including phenoxy) is 2. The number of fused-ring (bicyclic) bond motifs is 1. The molecule has 0 bridgehead atoms. The van der Waals surface area contributed by atoms with Crippen molar-refractivity contribution in [2.75, 3.05) is 30.6 Å². The van der Waals surface area contributed by atoms with Gasteiger partial charge < -0.3 is 9.47 Å². The molecule has 1 aromatic carbocycles. The monoisotopic (exact) mass is 420 g/mol. The number of benzene rings is 1. The smallest absolute Gasteiger partial charge is 0.330 e. The highest BCUT2D eigenvalue weighted by molar-refractivity contribution is 6.28. The summed E-state index contributed by atoms with van der Waals surface area (Å²) in [6, 6.07) is -0.147. The van der Waals surface area contributed by atoms with Crippen molar-refractivity contribution in [3.05, 3.63) is 34.7 Å². The Balaban J connectivity index is 2.18. The molecule has 2 amide bonds. The molecule has 0 N–H and O–H groups in total. The van der Waals surface area contributed by atoms with E-state index in [0.717, 1.165) is 20.3 Å². The number of amides is 2. The molecule has 0 atom stereocenters. The van der Waals surface area contributed by atoms with Gasteiger partial charge in [-0.25, -0.2) is 27.3 Å². The summed E-state index contributed by atoms with van der Waals surface area (Å²) >= 11 is 5.69. The van der Waals surface area contributed by atoms with Crippen LogP contribution in [0.15, 0.2) is 12.3 Å². The van der Waals surface area contributed by atoms with Gasteiger partial charge in [0.25, 0.3) is 6.43 Å². The number of carbonyl (C=O) groups is 1. The Morgan fingerprint density at radius 1 is 1.21 bits per heavy atom. The molecule has 0 fully saturated rings. The quantitative estimate of drug-likeness (QED) is 0.546. The second-order valence-electron chi connectivity index (χ2n) is 5.62. The lowest BCUT2D eigenvalue weighted by Gasteiger charge is -2.36. The van der Waals surface area contributed by atoms with Crippen molar-refractivity contribution in [1.82, 2.24) is 9.97 Å². The fourth-order valence-electron chi connectivity index (χ4n) is 2.78. The van der Waals surface area contributed by atoms with E-state index in [-0.39, 0.29) is 34.7 Å². The molecule has 0 spiro atoms.